The van der Waals surface area contributed by atoms with Crippen molar-refractivity contribution in [1.29, 1.82) is 0 Å². The first-order chi connectivity index (χ1) is 15.3. The van der Waals surface area contributed by atoms with E-state index in [0.29, 0.717) is 5.69 Å². The third-order valence-electron chi connectivity index (χ3n) is 5.56. The van der Waals surface area contributed by atoms with Gasteiger partial charge in [-0.05, 0) is 43.3 Å². The number of carbonyl (C=O) groups excluding carboxylic acids is 2. The number of aryl methyl sites for hydroxylation is 1. The van der Waals surface area contributed by atoms with Gasteiger partial charge in [-0.1, -0.05) is 54.8 Å². The third kappa shape index (κ3) is 5.24. The second kappa shape index (κ2) is 9.76. The Hall–Kier alpha value is -2.17. The molecular weight excluding hydrogens is 466 g/mol. The molecule has 1 aliphatic heterocycles. The van der Waals surface area contributed by atoms with Crippen molar-refractivity contribution in [3.8, 4) is 0 Å². The van der Waals surface area contributed by atoms with E-state index in [9.17, 15) is 18.0 Å². The van der Waals surface area contributed by atoms with E-state index >= 15 is 0 Å². The average molecular weight is 492 g/mol. The van der Waals surface area contributed by atoms with Gasteiger partial charge in [-0.2, -0.15) is 8.42 Å². The number of hydrogen-bond donors (Lipinski definition) is 1. The van der Waals surface area contributed by atoms with Crippen molar-refractivity contribution in [2.45, 2.75) is 60.9 Å². The maximum atomic E-state index is 13.3. The molecule has 1 saturated carbocycles. The second-order valence-electron chi connectivity index (χ2n) is 8.01. The van der Waals surface area contributed by atoms with Crippen molar-refractivity contribution in [2.24, 2.45) is 4.40 Å². The van der Waals surface area contributed by atoms with Crippen LogP contribution in [0.3, 0.4) is 0 Å². The van der Waals surface area contributed by atoms with Gasteiger partial charge in [0.25, 0.3) is 10.0 Å². The molecule has 1 atom stereocenters. The Morgan fingerprint density at radius 3 is 2.53 bits per heavy atom. The van der Waals surface area contributed by atoms with Crippen LogP contribution >= 0.6 is 23.1 Å². The number of amides is 2. The van der Waals surface area contributed by atoms with Crippen molar-refractivity contribution in [3.63, 3.8) is 0 Å². The van der Waals surface area contributed by atoms with E-state index in [2.05, 4.69) is 9.71 Å². The van der Waals surface area contributed by atoms with Gasteiger partial charge < -0.3 is 5.32 Å². The van der Waals surface area contributed by atoms with Gasteiger partial charge in [-0.3, -0.25) is 14.5 Å². The van der Waals surface area contributed by atoms with E-state index in [0.717, 1.165) is 60.8 Å². The summed E-state index contributed by atoms with van der Waals surface area (Å²) in [6.07, 6.45) is 4.66. The van der Waals surface area contributed by atoms with Crippen molar-refractivity contribution >= 4 is 55.8 Å². The predicted octanol–water partition coefficient (Wildman–Crippen LogP) is 4.41. The molecule has 10 heteroatoms. The highest BCUT2D eigenvalue weighted by atomic mass is 32.2. The Kier molecular flexibility index (Phi) is 7.02. The normalized spacial score (nSPS) is 21.3. The highest BCUT2D eigenvalue weighted by Gasteiger charge is 2.43. The highest BCUT2D eigenvalue weighted by Crippen LogP contribution is 2.36. The van der Waals surface area contributed by atoms with E-state index < -0.39 is 15.3 Å². The lowest BCUT2D eigenvalue weighted by Gasteiger charge is -2.30. The standard InChI is InChI=1S/C22H25N3O4S3/c1-15-9-11-16(12-10-15)23-19(26)14-18-21(27)25(17-6-3-2-4-7-17)22(31-18)24-32(28,29)20-8-5-13-30-20/h5,8-13,17-18H,2-4,6-7,14H2,1H3,(H,23,26)/b24-22+. The maximum absolute atomic E-state index is 13.3. The van der Waals surface area contributed by atoms with Crippen LogP contribution in [0.5, 0.6) is 0 Å². The fraction of sp³-hybridized carbons (Fsp3) is 0.409. The van der Waals surface area contributed by atoms with Crippen molar-refractivity contribution in [1.82, 2.24) is 4.90 Å². The number of amidine groups is 1. The van der Waals surface area contributed by atoms with E-state index in [1.165, 1.54) is 6.07 Å². The lowest BCUT2D eigenvalue weighted by atomic mass is 9.94. The molecule has 1 aromatic carbocycles. The van der Waals surface area contributed by atoms with Crippen LogP contribution in [-0.2, 0) is 19.6 Å². The number of carbonyl (C=O) groups is 2. The Morgan fingerprint density at radius 2 is 1.88 bits per heavy atom. The molecule has 1 aliphatic carbocycles. The van der Waals surface area contributed by atoms with Crippen LogP contribution in [0.15, 0.2) is 50.4 Å². The second-order valence-corrected chi connectivity index (χ2v) is 12.0. The SMILES string of the molecule is Cc1ccc(NC(=O)CC2S/C(=N/S(=O)(=O)c3cccs3)N(C3CCCCC3)C2=O)cc1. The zero-order chi connectivity index (χ0) is 22.7. The molecule has 0 radical (unpaired) electrons. The average Bonchev–Trinajstić information content (AvgIpc) is 3.40. The lowest BCUT2D eigenvalue weighted by Crippen LogP contribution is -2.42. The third-order valence-corrected chi connectivity index (χ3v) is 9.47. The zero-order valence-corrected chi connectivity index (χ0v) is 20.1. The molecule has 1 aromatic heterocycles. The summed E-state index contributed by atoms with van der Waals surface area (Å²) in [5.74, 6) is -0.522. The quantitative estimate of drug-likeness (QED) is 0.646. The Balaban J connectivity index is 1.55. The van der Waals surface area contributed by atoms with Gasteiger partial charge in [-0.15, -0.1) is 15.7 Å². The van der Waals surface area contributed by atoms with Gasteiger partial charge in [0, 0.05) is 18.2 Å². The van der Waals surface area contributed by atoms with Crippen LogP contribution in [0, 0.1) is 6.92 Å². The molecule has 4 rings (SSSR count). The predicted molar refractivity (Wildman–Crippen MR) is 128 cm³/mol. The molecule has 2 fully saturated rings. The molecule has 7 nitrogen and oxygen atoms in total. The summed E-state index contributed by atoms with van der Waals surface area (Å²) >= 11 is 2.17. The minimum atomic E-state index is -3.91. The Bertz CT molecular complexity index is 1110. The molecule has 2 heterocycles. The molecule has 1 unspecified atom stereocenters. The number of hydrogen-bond acceptors (Lipinski definition) is 6. The summed E-state index contributed by atoms with van der Waals surface area (Å²) in [6, 6.07) is 10.5. The molecule has 1 saturated heterocycles. The van der Waals surface area contributed by atoms with Crippen LogP contribution in [0.1, 0.15) is 44.1 Å². The fourth-order valence-corrected chi connectivity index (χ4v) is 7.30. The number of benzene rings is 1. The Morgan fingerprint density at radius 1 is 1.16 bits per heavy atom. The smallest absolute Gasteiger partial charge is 0.294 e. The maximum Gasteiger partial charge on any atom is 0.294 e. The topological polar surface area (TPSA) is 95.9 Å². The molecule has 32 heavy (non-hydrogen) atoms. The molecular formula is C22H25N3O4S3. The molecule has 0 bridgehead atoms. The van der Waals surface area contributed by atoms with E-state index in [4.69, 9.17) is 0 Å². The summed E-state index contributed by atoms with van der Waals surface area (Å²) in [4.78, 5) is 27.4. The molecule has 2 amide bonds. The minimum absolute atomic E-state index is 0.0430. The van der Waals surface area contributed by atoms with E-state index in [1.807, 2.05) is 31.2 Å². The zero-order valence-electron chi connectivity index (χ0n) is 17.7. The molecule has 2 aliphatic rings. The van der Waals surface area contributed by atoms with Gasteiger partial charge in [-0.25, -0.2) is 0 Å². The van der Waals surface area contributed by atoms with Crippen molar-refractivity contribution in [3.05, 3.63) is 47.3 Å². The van der Waals surface area contributed by atoms with Crippen LogP contribution in [-0.4, -0.2) is 41.6 Å². The van der Waals surface area contributed by atoms with Crippen molar-refractivity contribution in [2.75, 3.05) is 5.32 Å². The first-order valence-electron chi connectivity index (χ1n) is 10.6. The highest BCUT2D eigenvalue weighted by molar-refractivity contribution is 8.16. The van der Waals surface area contributed by atoms with Crippen LogP contribution < -0.4 is 5.32 Å². The summed E-state index contributed by atoms with van der Waals surface area (Å²) in [6.45, 7) is 1.96. The largest absolute Gasteiger partial charge is 0.326 e. The van der Waals surface area contributed by atoms with Gasteiger partial charge in [0.05, 0.1) is 0 Å². The number of sulfonamides is 1. The monoisotopic (exact) mass is 491 g/mol. The fourth-order valence-electron chi connectivity index (χ4n) is 3.93. The van der Waals surface area contributed by atoms with E-state index in [1.54, 1.807) is 16.3 Å². The number of thioether (sulfide) groups is 1. The molecule has 2 aromatic rings. The number of anilines is 1. The van der Waals surface area contributed by atoms with E-state index in [-0.39, 0.29) is 33.7 Å². The molecule has 0 spiro atoms. The minimum Gasteiger partial charge on any atom is -0.326 e. The number of rotatable bonds is 6. The first-order valence-corrected chi connectivity index (χ1v) is 13.8. The van der Waals surface area contributed by atoms with Gasteiger partial charge in [0.2, 0.25) is 11.8 Å². The van der Waals surface area contributed by atoms with Crippen LogP contribution in [0.4, 0.5) is 5.69 Å². The van der Waals surface area contributed by atoms with Gasteiger partial charge in [0.1, 0.15) is 9.46 Å². The molecule has 170 valence electrons. The number of thiophene rings is 1. The Labute approximate surface area is 196 Å². The van der Waals surface area contributed by atoms with Crippen LogP contribution in [0.25, 0.3) is 0 Å². The summed E-state index contributed by atoms with van der Waals surface area (Å²) in [5.41, 5.74) is 1.75. The first kappa shape index (κ1) is 23.0. The van der Waals surface area contributed by atoms with Crippen LogP contribution in [0.2, 0.25) is 0 Å². The summed E-state index contributed by atoms with van der Waals surface area (Å²) in [5, 5.41) is 3.98. The summed E-state index contributed by atoms with van der Waals surface area (Å²) < 4.78 is 29.7. The molecule has 1 N–H and O–H groups in total. The summed E-state index contributed by atoms with van der Waals surface area (Å²) in [7, 11) is -3.91. The van der Waals surface area contributed by atoms with Crippen molar-refractivity contribution < 1.29 is 18.0 Å². The van der Waals surface area contributed by atoms with Gasteiger partial charge in [0.15, 0.2) is 5.17 Å². The lowest BCUT2D eigenvalue weighted by molar-refractivity contribution is -0.130. The number of nitrogens with zero attached hydrogens (tertiary/aromatic N) is 2. The number of nitrogens with one attached hydrogen (secondary N) is 1. The van der Waals surface area contributed by atoms with Gasteiger partial charge >= 0.3 is 0 Å².